The van der Waals surface area contributed by atoms with Crippen molar-refractivity contribution in [3.63, 3.8) is 0 Å². The van der Waals surface area contributed by atoms with Gasteiger partial charge in [0, 0.05) is 23.5 Å². The Bertz CT molecular complexity index is 781. The van der Waals surface area contributed by atoms with Crippen LogP contribution in [0.25, 0.3) is 10.9 Å². The van der Waals surface area contributed by atoms with Gasteiger partial charge in [-0.05, 0) is 56.2 Å². The van der Waals surface area contributed by atoms with Crippen LogP contribution in [0.4, 0.5) is 5.82 Å². The Labute approximate surface area is 146 Å². The average molecular weight is 345 g/mol. The lowest BCUT2D eigenvalue weighted by Gasteiger charge is -2.46. The lowest BCUT2D eigenvalue weighted by Crippen LogP contribution is -2.51. The van der Waals surface area contributed by atoms with Crippen molar-refractivity contribution in [3.8, 4) is 0 Å². The number of carbonyl (C=O) groups is 1. The Morgan fingerprint density at radius 3 is 2.88 bits per heavy atom. The minimum absolute atomic E-state index is 0.154. The monoisotopic (exact) mass is 344 g/mol. The van der Waals surface area contributed by atoms with Crippen LogP contribution in [0.15, 0.2) is 24.5 Å². The summed E-state index contributed by atoms with van der Waals surface area (Å²) in [6, 6.07) is 5.19. The number of piperidine rings is 1. The Morgan fingerprint density at radius 1 is 1.29 bits per heavy atom. The molecule has 24 heavy (non-hydrogen) atoms. The van der Waals surface area contributed by atoms with Gasteiger partial charge in [-0.3, -0.25) is 4.79 Å². The number of aromatic nitrogens is 2. The summed E-state index contributed by atoms with van der Waals surface area (Å²) in [6.45, 7) is 3.70. The molecule has 1 saturated heterocycles. The highest BCUT2D eigenvalue weighted by atomic mass is 35.5. The van der Waals surface area contributed by atoms with E-state index in [1.54, 1.807) is 6.07 Å². The summed E-state index contributed by atoms with van der Waals surface area (Å²) in [7, 11) is 0. The summed E-state index contributed by atoms with van der Waals surface area (Å²) in [5, 5.41) is 4.77. The van der Waals surface area contributed by atoms with Crippen LogP contribution in [0.1, 0.15) is 26.2 Å². The van der Waals surface area contributed by atoms with E-state index in [9.17, 15) is 4.79 Å². The van der Waals surface area contributed by atoms with Crippen molar-refractivity contribution in [3.05, 3.63) is 29.5 Å². The van der Waals surface area contributed by atoms with Gasteiger partial charge in [0.25, 0.3) is 0 Å². The Morgan fingerprint density at radius 2 is 2.12 bits per heavy atom. The maximum absolute atomic E-state index is 12.8. The number of fused-ring (bicyclic) bond motifs is 2. The highest BCUT2D eigenvalue weighted by Gasteiger charge is 2.38. The van der Waals surface area contributed by atoms with Crippen molar-refractivity contribution >= 4 is 34.2 Å². The van der Waals surface area contributed by atoms with E-state index in [2.05, 4.69) is 15.3 Å². The molecular weight excluding hydrogens is 324 g/mol. The molecule has 0 radical (unpaired) electrons. The van der Waals surface area contributed by atoms with Crippen LogP contribution < -0.4 is 5.32 Å². The molecule has 2 fully saturated rings. The standard InChI is InChI=1S/C18H21ClN4O/c1-11(18(24)23-7-6-12-2-3-13(12)9-23)22-17-15-5-4-14(19)8-16(15)20-10-21-17/h4-5,8,10-13H,2-3,6-7,9H2,1H3,(H,20,21,22)/t11-,12+,13-/m1/s1. The molecule has 1 N–H and O–H groups in total. The van der Waals surface area contributed by atoms with Gasteiger partial charge in [0.15, 0.2) is 0 Å². The number of carbonyl (C=O) groups excluding carboxylic acids is 1. The molecule has 1 amide bonds. The molecule has 2 aromatic rings. The maximum Gasteiger partial charge on any atom is 0.244 e. The number of nitrogens with zero attached hydrogens (tertiary/aromatic N) is 3. The van der Waals surface area contributed by atoms with Crippen molar-refractivity contribution in [2.45, 2.75) is 32.2 Å². The average Bonchev–Trinajstić information content (AvgIpc) is 2.55. The molecule has 1 aromatic carbocycles. The predicted molar refractivity (Wildman–Crippen MR) is 95.0 cm³/mol. The summed E-state index contributed by atoms with van der Waals surface area (Å²) < 4.78 is 0. The first-order valence-corrected chi connectivity index (χ1v) is 8.95. The van der Waals surface area contributed by atoms with E-state index >= 15 is 0 Å². The van der Waals surface area contributed by atoms with E-state index in [0.717, 1.165) is 42.2 Å². The lowest BCUT2D eigenvalue weighted by molar-refractivity contribution is -0.135. The van der Waals surface area contributed by atoms with E-state index in [-0.39, 0.29) is 11.9 Å². The first-order chi connectivity index (χ1) is 11.6. The van der Waals surface area contributed by atoms with E-state index in [4.69, 9.17) is 11.6 Å². The number of amides is 1. The van der Waals surface area contributed by atoms with Crippen LogP contribution >= 0.6 is 11.6 Å². The van der Waals surface area contributed by atoms with E-state index < -0.39 is 0 Å². The predicted octanol–water partition coefficient (Wildman–Crippen LogP) is 3.34. The van der Waals surface area contributed by atoms with E-state index in [1.165, 1.54) is 19.2 Å². The number of rotatable bonds is 3. The molecule has 1 aromatic heterocycles. The third kappa shape index (κ3) is 2.81. The van der Waals surface area contributed by atoms with Crippen molar-refractivity contribution in [1.29, 1.82) is 0 Å². The highest BCUT2D eigenvalue weighted by molar-refractivity contribution is 6.31. The van der Waals surface area contributed by atoms with Gasteiger partial charge in [-0.2, -0.15) is 0 Å². The molecule has 0 bridgehead atoms. The summed E-state index contributed by atoms with van der Waals surface area (Å²) in [5.41, 5.74) is 0.773. The fourth-order valence-electron chi connectivity index (χ4n) is 3.84. The van der Waals surface area contributed by atoms with Crippen LogP contribution in [0.3, 0.4) is 0 Å². The van der Waals surface area contributed by atoms with Crippen molar-refractivity contribution in [2.75, 3.05) is 18.4 Å². The third-order valence-electron chi connectivity index (χ3n) is 5.43. The summed E-state index contributed by atoms with van der Waals surface area (Å²) in [5.74, 6) is 2.40. The molecule has 1 aliphatic carbocycles. The highest BCUT2D eigenvalue weighted by Crippen LogP contribution is 2.40. The second kappa shape index (κ2) is 6.20. The van der Waals surface area contributed by atoms with Crippen LogP contribution in [-0.2, 0) is 4.79 Å². The minimum Gasteiger partial charge on any atom is -0.358 e. The topological polar surface area (TPSA) is 58.1 Å². The Kier molecular flexibility index (Phi) is 4.04. The second-order valence-electron chi connectivity index (χ2n) is 6.92. The zero-order valence-electron chi connectivity index (χ0n) is 13.7. The molecule has 1 saturated carbocycles. The zero-order valence-corrected chi connectivity index (χ0v) is 14.5. The van der Waals surface area contributed by atoms with Gasteiger partial charge < -0.3 is 10.2 Å². The van der Waals surface area contributed by atoms with Crippen molar-refractivity contribution in [1.82, 2.24) is 14.9 Å². The molecule has 6 heteroatoms. The normalized spacial score (nSPS) is 24.2. The minimum atomic E-state index is -0.310. The molecular formula is C18H21ClN4O. The fourth-order valence-corrected chi connectivity index (χ4v) is 4.01. The fraction of sp³-hybridized carbons (Fsp3) is 0.500. The first-order valence-electron chi connectivity index (χ1n) is 8.57. The number of likely N-dealkylation sites (tertiary alicyclic amines) is 1. The number of benzene rings is 1. The van der Waals surface area contributed by atoms with Gasteiger partial charge >= 0.3 is 0 Å². The van der Waals surface area contributed by atoms with Gasteiger partial charge in [0.1, 0.15) is 18.2 Å². The van der Waals surface area contributed by atoms with Crippen LogP contribution in [0.5, 0.6) is 0 Å². The van der Waals surface area contributed by atoms with Crippen molar-refractivity contribution < 1.29 is 4.79 Å². The van der Waals surface area contributed by atoms with Crippen LogP contribution in [0.2, 0.25) is 5.02 Å². The molecule has 5 nitrogen and oxygen atoms in total. The molecule has 4 rings (SSSR count). The first kappa shape index (κ1) is 15.6. The van der Waals surface area contributed by atoms with E-state index in [1.807, 2.05) is 24.0 Å². The molecule has 3 atom stereocenters. The summed E-state index contributed by atoms with van der Waals surface area (Å²) in [6.07, 6.45) is 5.26. The molecule has 0 spiro atoms. The quantitative estimate of drug-likeness (QED) is 0.927. The maximum atomic E-state index is 12.8. The summed E-state index contributed by atoms with van der Waals surface area (Å²) in [4.78, 5) is 23.3. The third-order valence-corrected chi connectivity index (χ3v) is 5.67. The zero-order chi connectivity index (χ0) is 16.7. The second-order valence-corrected chi connectivity index (χ2v) is 7.36. The lowest BCUT2D eigenvalue weighted by atomic mass is 9.69. The van der Waals surface area contributed by atoms with E-state index in [0.29, 0.717) is 10.8 Å². The summed E-state index contributed by atoms with van der Waals surface area (Å²) >= 11 is 6.02. The molecule has 1 aliphatic heterocycles. The van der Waals surface area contributed by atoms with Gasteiger partial charge in [-0.15, -0.1) is 0 Å². The molecule has 0 unspecified atom stereocenters. The Hall–Kier alpha value is -1.88. The van der Waals surface area contributed by atoms with Gasteiger partial charge in [0.2, 0.25) is 5.91 Å². The van der Waals surface area contributed by atoms with Gasteiger partial charge in [-0.1, -0.05) is 11.6 Å². The largest absolute Gasteiger partial charge is 0.358 e. The number of hydrogen-bond acceptors (Lipinski definition) is 4. The molecule has 2 heterocycles. The smallest absolute Gasteiger partial charge is 0.244 e. The van der Waals surface area contributed by atoms with Crippen LogP contribution in [-0.4, -0.2) is 39.9 Å². The van der Waals surface area contributed by atoms with Gasteiger partial charge in [0.05, 0.1) is 5.52 Å². The van der Waals surface area contributed by atoms with Crippen molar-refractivity contribution in [2.24, 2.45) is 11.8 Å². The molecule has 2 aliphatic rings. The van der Waals surface area contributed by atoms with Crippen LogP contribution in [0, 0.1) is 11.8 Å². The Balaban J connectivity index is 1.49. The number of hydrogen-bond donors (Lipinski definition) is 1. The number of nitrogens with one attached hydrogen (secondary N) is 1. The van der Waals surface area contributed by atoms with Gasteiger partial charge in [-0.25, -0.2) is 9.97 Å². The number of anilines is 1. The molecule has 126 valence electrons. The number of halogens is 1. The SMILES string of the molecule is C[C@@H](Nc1ncnc2cc(Cl)ccc12)C(=O)N1CC[C@@H]2CC[C@@H]2C1.